The Morgan fingerprint density at radius 2 is 1.18 bits per heavy atom. The van der Waals surface area contributed by atoms with E-state index in [4.69, 9.17) is 0 Å². The second kappa shape index (κ2) is 5.99. The van der Waals surface area contributed by atoms with E-state index in [1.165, 1.54) is 48.8 Å². The summed E-state index contributed by atoms with van der Waals surface area (Å²) in [6, 6.07) is 21.5. The quantitative estimate of drug-likeness (QED) is 0.607. The van der Waals surface area contributed by atoms with Crippen molar-refractivity contribution in [2.24, 2.45) is 11.8 Å². The maximum Gasteiger partial charge on any atom is 0.0309 e. The summed E-state index contributed by atoms with van der Waals surface area (Å²) >= 11 is 0. The van der Waals surface area contributed by atoms with Crippen LogP contribution in [0.15, 0.2) is 72.0 Å². The van der Waals surface area contributed by atoms with E-state index < -0.39 is 0 Å². The molecule has 2 aliphatic carbocycles. The molecule has 0 spiro atoms. The number of allylic oxidation sites excluding steroid dienone is 1. The monoisotopic (exact) mass is 286 g/mol. The van der Waals surface area contributed by atoms with Crippen LogP contribution in [0.4, 0.5) is 0 Å². The normalized spacial score (nSPS) is 23.2. The van der Waals surface area contributed by atoms with Gasteiger partial charge in [-0.25, -0.2) is 0 Å². The van der Waals surface area contributed by atoms with Gasteiger partial charge in [-0.15, -0.1) is 5.73 Å². The Morgan fingerprint density at radius 1 is 0.682 bits per heavy atom. The van der Waals surface area contributed by atoms with Gasteiger partial charge in [-0.2, -0.15) is 0 Å². The van der Waals surface area contributed by atoms with Crippen LogP contribution in [-0.2, 0) is 0 Å². The van der Waals surface area contributed by atoms with Crippen LogP contribution in [0.3, 0.4) is 0 Å². The lowest BCUT2D eigenvalue weighted by atomic mass is 9.98. The first-order valence-electron chi connectivity index (χ1n) is 8.55. The van der Waals surface area contributed by atoms with Gasteiger partial charge < -0.3 is 0 Å². The van der Waals surface area contributed by atoms with Gasteiger partial charge in [0.05, 0.1) is 0 Å². The van der Waals surface area contributed by atoms with E-state index in [9.17, 15) is 0 Å². The molecule has 2 aliphatic rings. The highest BCUT2D eigenvalue weighted by atomic mass is 14.5. The minimum atomic E-state index is 0.824. The van der Waals surface area contributed by atoms with Crippen molar-refractivity contribution in [3.63, 3.8) is 0 Å². The molecule has 0 heterocycles. The second-order valence-electron chi connectivity index (χ2n) is 6.54. The molecule has 4 rings (SSSR count). The predicted octanol–water partition coefficient (Wildman–Crippen LogP) is 5.85. The predicted molar refractivity (Wildman–Crippen MR) is 92.5 cm³/mol. The lowest BCUT2D eigenvalue weighted by Gasteiger charge is -2.05. The molecule has 2 saturated carbocycles. The van der Waals surface area contributed by atoms with E-state index in [1.54, 1.807) is 5.57 Å². The van der Waals surface area contributed by atoms with E-state index in [1.807, 2.05) is 0 Å². The van der Waals surface area contributed by atoms with Gasteiger partial charge in [0, 0.05) is 5.57 Å². The standard InChI is InChI=1S/C22H22/c1-4-10-17(11-5-1)21(18-12-6-2-7-13-18)16-22-19-14-8-3-9-15-20(19)22/h1-2,4-7,10-13,19-20H,3,8-9,14-15H2/t19-,20-/m1/s1. The number of fused-ring (bicyclic) bond motifs is 1. The van der Waals surface area contributed by atoms with Crippen molar-refractivity contribution in [1.82, 2.24) is 0 Å². The van der Waals surface area contributed by atoms with Crippen molar-refractivity contribution in [3.8, 4) is 0 Å². The van der Waals surface area contributed by atoms with Gasteiger partial charge in [0.15, 0.2) is 0 Å². The largest absolute Gasteiger partial charge is 0.112 e. The Balaban J connectivity index is 1.80. The van der Waals surface area contributed by atoms with Crippen LogP contribution in [0.25, 0.3) is 5.57 Å². The second-order valence-corrected chi connectivity index (χ2v) is 6.54. The Hall–Kier alpha value is -2.04. The van der Waals surface area contributed by atoms with Crippen LogP contribution in [-0.4, -0.2) is 0 Å². The Bertz CT molecular complexity index is 647. The summed E-state index contributed by atoms with van der Waals surface area (Å²) in [6.07, 6.45) is 6.98. The highest BCUT2D eigenvalue weighted by molar-refractivity contribution is 5.80. The summed E-state index contributed by atoms with van der Waals surface area (Å²) in [4.78, 5) is 0. The first-order valence-corrected chi connectivity index (χ1v) is 8.55. The summed E-state index contributed by atoms with van der Waals surface area (Å²) in [5.41, 5.74) is 9.24. The minimum Gasteiger partial charge on any atom is -0.112 e. The highest BCUT2D eigenvalue weighted by Crippen LogP contribution is 2.53. The number of hydrogen-bond acceptors (Lipinski definition) is 0. The summed E-state index contributed by atoms with van der Waals surface area (Å²) in [5.74, 6) is 1.65. The van der Waals surface area contributed by atoms with Crippen LogP contribution in [0, 0.1) is 11.8 Å². The highest BCUT2D eigenvalue weighted by Gasteiger charge is 2.43. The molecule has 22 heavy (non-hydrogen) atoms. The third kappa shape index (κ3) is 2.67. The summed E-state index contributed by atoms with van der Waals surface area (Å²) < 4.78 is 0. The molecule has 0 heteroatoms. The van der Waals surface area contributed by atoms with Crippen molar-refractivity contribution in [3.05, 3.63) is 83.1 Å². The maximum absolute atomic E-state index is 3.83. The maximum atomic E-state index is 3.83. The van der Waals surface area contributed by atoms with Crippen molar-refractivity contribution in [2.75, 3.05) is 0 Å². The molecule has 0 N–H and O–H groups in total. The fraction of sp³-hybridized carbons (Fsp3) is 0.318. The van der Waals surface area contributed by atoms with Crippen LogP contribution < -0.4 is 0 Å². The van der Waals surface area contributed by atoms with Crippen molar-refractivity contribution in [1.29, 1.82) is 0 Å². The smallest absolute Gasteiger partial charge is 0.0309 e. The zero-order valence-corrected chi connectivity index (χ0v) is 13.0. The Morgan fingerprint density at radius 3 is 1.68 bits per heavy atom. The third-order valence-corrected chi connectivity index (χ3v) is 5.10. The van der Waals surface area contributed by atoms with Gasteiger partial charge >= 0.3 is 0 Å². The summed E-state index contributed by atoms with van der Waals surface area (Å²) in [5, 5.41) is 0. The molecule has 0 amide bonds. The molecular weight excluding hydrogens is 264 g/mol. The Kier molecular flexibility index (Phi) is 3.70. The van der Waals surface area contributed by atoms with Crippen molar-refractivity contribution >= 4 is 5.57 Å². The van der Waals surface area contributed by atoms with Gasteiger partial charge in [-0.05, 0) is 41.4 Å². The topological polar surface area (TPSA) is 0 Å². The summed E-state index contributed by atoms with van der Waals surface area (Å²) in [6.45, 7) is 0. The first-order chi connectivity index (χ1) is 10.9. The van der Waals surface area contributed by atoms with E-state index >= 15 is 0 Å². The van der Waals surface area contributed by atoms with E-state index in [2.05, 4.69) is 66.4 Å². The average molecular weight is 286 g/mol. The molecule has 2 fully saturated rings. The molecular formula is C22H22. The van der Waals surface area contributed by atoms with Crippen molar-refractivity contribution < 1.29 is 0 Å². The van der Waals surface area contributed by atoms with E-state index in [-0.39, 0.29) is 0 Å². The molecule has 0 aliphatic heterocycles. The van der Waals surface area contributed by atoms with Crippen LogP contribution in [0.2, 0.25) is 0 Å². The lowest BCUT2D eigenvalue weighted by Crippen LogP contribution is -1.86. The fourth-order valence-corrected chi connectivity index (χ4v) is 3.85. The molecule has 2 atom stereocenters. The van der Waals surface area contributed by atoms with Gasteiger partial charge in [0.1, 0.15) is 0 Å². The third-order valence-electron chi connectivity index (χ3n) is 5.10. The number of rotatable bonds is 2. The van der Waals surface area contributed by atoms with Gasteiger partial charge in [-0.1, -0.05) is 79.9 Å². The van der Waals surface area contributed by atoms with Gasteiger partial charge in [0.25, 0.3) is 0 Å². The molecule has 0 bridgehead atoms. The molecule has 0 nitrogen and oxygen atoms in total. The fourth-order valence-electron chi connectivity index (χ4n) is 3.85. The first kappa shape index (κ1) is 13.6. The van der Waals surface area contributed by atoms with Gasteiger partial charge in [-0.3, -0.25) is 0 Å². The minimum absolute atomic E-state index is 0.824. The molecule has 0 aromatic heterocycles. The molecule has 0 radical (unpaired) electrons. The van der Waals surface area contributed by atoms with E-state index in [0.29, 0.717) is 0 Å². The molecule has 2 aromatic rings. The molecule has 2 aromatic carbocycles. The number of hydrogen-bond donors (Lipinski definition) is 0. The van der Waals surface area contributed by atoms with Crippen molar-refractivity contribution in [2.45, 2.75) is 32.1 Å². The lowest BCUT2D eigenvalue weighted by molar-refractivity contribution is 0.663. The zero-order valence-electron chi connectivity index (χ0n) is 13.0. The molecule has 0 unspecified atom stereocenters. The average Bonchev–Trinajstić information content (AvgIpc) is 3.29. The Labute approximate surface area is 133 Å². The van der Waals surface area contributed by atoms with Crippen LogP contribution in [0.5, 0.6) is 0 Å². The van der Waals surface area contributed by atoms with Crippen LogP contribution in [0.1, 0.15) is 43.2 Å². The molecule has 0 saturated heterocycles. The zero-order chi connectivity index (χ0) is 14.8. The SMILES string of the molecule is C(=C(c1ccccc1)c1ccccc1)=C1[C@@H]2CCCCC[C@@H]12. The van der Waals surface area contributed by atoms with Crippen LogP contribution >= 0.6 is 0 Å². The number of benzene rings is 2. The molecule has 110 valence electrons. The van der Waals surface area contributed by atoms with E-state index in [0.717, 1.165) is 11.8 Å². The summed E-state index contributed by atoms with van der Waals surface area (Å²) in [7, 11) is 0. The van der Waals surface area contributed by atoms with Gasteiger partial charge in [0.2, 0.25) is 0 Å².